The van der Waals surface area contributed by atoms with Crippen molar-refractivity contribution >= 4 is 16.3 Å². The molecule has 1 aliphatic heterocycles. The lowest BCUT2D eigenvalue weighted by atomic mass is 10.2. The van der Waals surface area contributed by atoms with Crippen molar-refractivity contribution in [3.8, 4) is 0 Å². The molecule has 1 fully saturated rings. The molecule has 0 bridgehead atoms. The van der Waals surface area contributed by atoms with Crippen LogP contribution in [0.3, 0.4) is 0 Å². The highest BCUT2D eigenvalue weighted by molar-refractivity contribution is 7.89. The Labute approximate surface area is 113 Å². The Hall–Kier alpha value is -1.24. The number of hydrogen-bond donors (Lipinski definition) is 0. The zero-order chi connectivity index (χ0) is 14.3. The van der Waals surface area contributed by atoms with Crippen molar-refractivity contribution in [3.05, 3.63) is 30.3 Å². The van der Waals surface area contributed by atoms with Gasteiger partial charge in [0.15, 0.2) is 0 Å². The van der Waals surface area contributed by atoms with E-state index in [0.717, 1.165) is 4.31 Å². The highest BCUT2D eigenvalue weighted by Crippen LogP contribution is 2.36. The van der Waals surface area contributed by atoms with Gasteiger partial charge in [0.1, 0.15) is 18.1 Å². The van der Waals surface area contributed by atoms with Crippen LogP contribution in [0.2, 0.25) is 0 Å². The summed E-state index contributed by atoms with van der Waals surface area (Å²) in [7, 11) is -3.76. The van der Waals surface area contributed by atoms with Gasteiger partial charge in [-0.1, -0.05) is 18.2 Å². The van der Waals surface area contributed by atoms with E-state index in [9.17, 15) is 13.2 Å². The monoisotopic (exact) mass is 283 g/mol. The van der Waals surface area contributed by atoms with E-state index in [1.807, 2.05) is 0 Å². The average Bonchev–Trinajstić information content (AvgIpc) is 2.59. The first-order valence-electron chi connectivity index (χ1n) is 6.03. The number of ether oxygens (including phenoxy) is 1. The Morgan fingerprint density at radius 1 is 1.26 bits per heavy atom. The normalized spacial score (nSPS) is 27.3. The zero-order valence-electron chi connectivity index (χ0n) is 11.1. The fraction of sp³-hybridized carbons (Fsp3) is 0.462. The van der Waals surface area contributed by atoms with E-state index < -0.39 is 27.9 Å². The van der Waals surface area contributed by atoms with Crippen LogP contribution < -0.4 is 0 Å². The molecule has 19 heavy (non-hydrogen) atoms. The van der Waals surface area contributed by atoms with E-state index in [0.29, 0.717) is 6.29 Å². The molecule has 0 radical (unpaired) electrons. The standard InChI is InChI=1S/C13H17NO4S/c1-10-12(9-15)14(13(2,3)18-10)19(16,17)11-7-5-4-6-8-11/h4-10,12H,1-3H3/t10-,12-/m0/s1. The summed E-state index contributed by atoms with van der Waals surface area (Å²) in [6.07, 6.45) is 0.158. The Balaban J connectivity index is 2.52. The van der Waals surface area contributed by atoms with Gasteiger partial charge in [-0.2, -0.15) is 4.31 Å². The molecule has 1 heterocycles. The van der Waals surface area contributed by atoms with E-state index in [4.69, 9.17) is 4.74 Å². The third kappa shape index (κ3) is 2.31. The number of benzene rings is 1. The van der Waals surface area contributed by atoms with Crippen LogP contribution in [-0.2, 0) is 19.6 Å². The van der Waals surface area contributed by atoms with Crippen molar-refractivity contribution in [1.82, 2.24) is 4.31 Å². The van der Waals surface area contributed by atoms with Crippen LogP contribution >= 0.6 is 0 Å². The lowest BCUT2D eigenvalue weighted by molar-refractivity contribution is -0.111. The van der Waals surface area contributed by atoms with Gasteiger partial charge in [0.2, 0.25) is 10.0 Å². The van der Waals surface area contributed by atoms with Crippen molar-refractivity contribution in [2.75, 3.05) is 0 Å². The molecule has 0 N–H and O–H groups in total. The molecule has 104 valence electrons. The largest absolute Gasteiger partial charge is 0.355 e. The molecular weight excluding hydrogens is 266 g/mol. The summed E-state index contributed by atoms with van der Waals surface area (Å²) in [5, 5.41) is 0. The van der Waals surface area contributed by atoms with Crippen LogP contribution in [0.25, 0.3) is 0 Å². The molecule has 0 aliphatic carbocycles. The maximum absolute atomic E-state index is 12.7. The molecule has 0 unspecified atom stereocenters. The first kappa shape index (κ1) is 14.2. The van der Waals surface area contributed by atoms with Crippen molar-refractivity contribution < 1.29 is 17.9 Å². The molecule has 6 heteroatoms. The van der Waals surface area contributed by atoms with E-state index in [2.05, 4.69) is 0 Å². The number of rotatable bonds is 3. The van der Waals surface area contributed by atoms with Crippen LogP contribution in [0.5, 0.6) is 0 Å². The Bertz CT molecular complexity index is 568. The van der Waals surface area contributed by atoms with Gasteiger partial charge in [-0.25, -0.2) is 8.42 Å². The fourth-order valence-corrected chi connectivity index (χ4v) is 4.34. The van der Waals surface area contributed by atoms with Gasteiger partial charge in [0.05, 0.1) is 11.0 Å². The number of carbonyl (C=O) groups is 1. The predicted octanol–water partition coefficient (Wildman–Crippen LogP) is 1.40. The second-order valence-corrected chi connectivity index (χ2v) is 6.83. The summed E-state index contributed by atoms with van der Waals surface area (Å²) in [6, 6.07) is 7.25. The number of sulfonamides is 1. The lowest BCUT2D eigenvalue weighted by Gasteiger charge is -2.30. The number of aldehydes is 1. The molecule has 0 aromatic heterocycles. The molecule has 0 saturated carbocycles. The lowest BCUT2D eigenvalue weighted by Crippen LogP contribution is -2.48. The van der Waals surface area contributed by atoms with Crippen LogP contribution in [0.4, 0.5) is 0 Å². The predicted molar refractivity (Wildman–Crippen MR) is 69.9 cm³/mol. The van der Waals surface area contributed by atoms with Gasteiger partial charge in [0.25, 0.3) is 0 Å². The van der Waals surface area contributed by atoms with E-state index >= 15 is 0 Å². The molecule has 0 amide bonds. The van der Waals surface area contributed by atoms with Crippen LogP contribution in [0.15, 0.2) is 35.2 Å². The van der Waals surface area contributed by atoms with Crippen LogP contribution in [-0.4, -0.2) is 36.9 Å². The molecule has 1 aromatic carbocycles. The molecule has 1 aromatic rings. The third-order valence-electron chi connectivity index (χ3n) is 3.20. The first-order chi connectivity index (χ1) is 8.80. The molecule has 5 nitrogen and oxygen atoms in total. The maximum atomic E-state index is 12.7. The minimum Gasteiger partial charge on any atom is -0.355 e. The van der Waals surface area contributed by atoms with Gasteiger partial charge in [-0.3, -0.25) is 0 Å². The van der Waals surface area contributed by atoms with Crippen molar-refractivity contribution in [2.24, 2.45) is 0 Å². The Morgan fingerprint density at radius 2 is 1.84 bits per heavy atom. The van der Waals surface area contributed by atoms with Crippen molar-refractivity contribution in [2.45, 2.75) is 43.5 Å². The van der Waals surface area contributed by atoms with Crippen LogP contribution in [0.1, 0.15) is 20.8 Å². The smallest absolute Gasteiger partial charge is 0.246 e. The Morgan fingerprint density at radius 3 is 2.37 bits per heavy atom. The summed E-state index contributed by atoms with van der Waals surface area (Å²) in [6.45, 7) is 4.99. The highest BCUT2D eigenvalue weighted by atomic mass is 32.2. The zero-order valence-corrected chi connectivity index (χ0v) is 11.9. The second-order valence-electron chi connectivity index (χ2n) is 5.01. The molecule has 1 aliphatic rings. The fourth-order valence-electron chi connectivity index (χ4n) is 2.45. The topological polar surface area (TPSA) is 63.7 Å². The molecule has 2 rings (SSSR count). The number of hydrogen-bond acceptors (Lipinski definition) is 4. The minimum atomic E-state index is -3.76. The third-order valence-corrected chi connectivity index (χ3v) is 5.27. The first-order valence-corrected chi connectivity index (χ1v) is 7.47. The summed E-state index contributed by atoms with van der Waals surface area (Å²) in [5.74, 6) is 0. The molecule has 0 spiro atoms. The number of nitrogens with zero attached hydrogens (tertiary/aromatic N) is 1. The molecule has 2 atom stereocenters. The van der Waals surface area contributed by atoms with Gasteiger partial charge in [-0.15, -0.1) is 0 Å². The van der Waals surface area contributed by atoms with E-state index in [1.165, 1.54) is 12.1 Å². The molecular formula is C13H17NO4S. The van der Waals surface area contributed by atoms with Gasteiger partial charge in [0, 0.05) is 0 Å². The van der Waals surface area contributed by atoms with Gasteiger partial charge >= 0.3 is 0 Å². The van der Waals surface area contributed by atoms with Gasteiger partial charge in [-0.05, 0) is 32.9 Å². The van der Waals surface area contributed by atoms with E-state index in [-0.39, 0.29) is 4.90 Å². The minimum absolute atomic E-state index is 0.160. The Kier molecular flexibility index (Phi) is 3.51. The summed E-state index contributed by atoms with van der Waals surface area (Å²) in [4.78, 5) is 11.4. The maximum Gasteiger partial charge on any atom is 0.246 e. The average molecular weight is 283 g/mol. The number of carbonyl (C=O) groups excluding carboxylic acids is 1. The highest BCUT2D eigenvalue weighted by Gasteiger charge is 2.52. The quantitative estimate of drug-likeness (QED) is 0.787. The van der Waals surface area contributed by atoms with Crippen molar-refractivity contribution in [1.29, 1.82) is 0 Å². The van der Waals surface area contributed by atoms with Crippen LogP contribution in [0, 0.1) is 0 Å². The summed E-state index contributed by atoms with van der Waals surface area (Å²) in [5.41, 5.74) is -1.04. The van der Waals surface area contributed by atoms with Crippen molar-refractivity contribution in [3.63, 3.8) is 0 Å². The summed E-state index contributed by atoms with van der Waals surface area (Å²) < 4.78 is 32.0. The van der Waals surface area contributed by atoms with Gasteiger partial charge < -0.3 is 9.53 Å². The second kappa shape index (κ2) is 4.70. The van der Waals surface area contributed by atoms with E-state index in [1.54, 1.807) is 39.0 Å². The summed E-state index contributed by atoms with van der Waals surface area (Å²) >= 11 is 0. The molecule has 1 saturated heterocycles. The SMILES string of the molecule is C[C@@H]1OC(C)(C)N(S(=O)(=O)c2ccccc2)[C@H]1C=O.